The highest BCUT2D eigenvalue weighted by atomic mass is 35.5. The summed E-state index contributed by atoms with van der Waals surface area (Å²) in [6.07, 6.45) is 3.94. The van der Waals surface area contributed by atoms with E-state index in [-0.39, 0.29) is 0 Å². The molecule has 0 bridgehead atoms. The Kier molecular flexibility index (Phi) is 4.84. The van der Waals surface area contributed by atoms with Crippen molar-refractivity contribution in [3.05, 3.63) is 34.3 Å². The number of hydrogen-bond acceptors (Lipinski definition) is 2. The Balaban J connectivity index is 1.58. The standard InChI is InChI=1S/C14H21ClN2/c1-11-9-12(3-6-14(11)15)10-16-7-2-8-17-13-4-5-13/h3,6,9,13,16-17H,2,4-5,7-8,10H2,1H3. The second kappa shape index (κ2) is 6.39. The van der Waals surface area contributed by atoms with Crippen molar-refractivity contribution in [3.8, 4) is 0 Å². The van der Waals surface area contributed by atoms with E-state index < -0.39 is 0 Å². The third-order valence-electron chi connectivity index (χ3n) is 3.09. The molecular formula is C14H21ClN2. The molecule has 0 saturated heterocycles. The van der Waals surface area contributed by atoms with Crippen LogP contribution in [0.2, 0.25) is 5.02 Å². The van der Waals surface area contributed by atoms with Crippen molar-refractivity contribution in [1.29, 1.82) is 0 Å². The highest BCUT2D eigenvalue weighted by molar-refractivity contribution is 6.31. The normalized spacial score (nSPS) is 15.2. The number of benzene rings is 1. The van der Waals surface area contributed by atoms with Crippen molar-refractivity contribution in [3.63, 3.8) is 0 Å². The first-order valence-corrected chi connectivity index (χ1v) is 6.82. The first kappa shape index (κ1) is 12.9. The van der Waals surface area contributed by atoms with Gasteiger partial charge in [-0.25, -0.2) is 0 Å². The summed E-state index contributed by atoms with van der Waals surface area (Å²) in [4.78, 5) is 0. The SMILES string of the molecule is Cc1cc(CNCCCNC2CC2)ccc1Cl. The molecule has 1 aromatic carbocycles. The fourth-order valence-electron chi connectivity index (χ4n) is 1.86. The highest BCUT2D eigenvalue weighted by Gasteiger charge is 2.19. The minimum absolute atomic E-state index is 0.828. The molecule has 17 heavy (non-hydrogen) atoms. The molecule has 3 heteroatoms. The molecule has 0 unspecified atom stereocenters. The zero-order chi connectivity index (χ0) is 12.1. The molecule has 0 atom stereocenters. The topological polar surface area (TPSA) is 24.1 Å². The Morgan fingerprint density at radius 3 is 2.82 bits per heavy atom. The second-order valence-corrected chi connectivity index (χ2v) is 5.25. The smallest absolute Gasteiger partial charge is 0.0435 e. The van der Waals surface area contributed by atoms with Crippen LogP contribution in [0.1, 0.15) is 30.4 Å². The van der Waals surface area contributed by atoms with Crippen molar-refractivity contribution in [2.24, 2.45) is 0 Å². The molecule has 0 spiro atoms. The molecule has 0 heterocycles. The Hall–Kier alpha value is -0.570. The predicted octanol–water partition coefficient (Wildman–Crippen LogP) is 2.88. The minimum Gasteiger partial charge on any atom is -0.314 e. The molecule has 2 nitrogen and oxygen atoms in total. The van der Waals surface area contributed by atoms with Gasteiger partial charge < -0.3 is 10.6 Å². The number of hydrogen-bond donors (Lipinski definition) is 2. The fourth-order valence-corrected chi connectivity index (χ4v) is 1.97. The van der Waals surface area contributed by atoms with E-state index in [1.54, 1.807) is 0 Å². The van der Waals surface area contributed by atoms with Gasteiger partial charge in [-0.1, -0.05) is 23.7 Å². The summed E-state index contributed by atoms with van der Waals surface area (Å²) in [7, 11) is 0. The van der Waals surface area contributed by atoms with Crippen LogP contribution in [-0.4, -0.2) is 19.1 Å². The van der Waals surface area contributed by atoms with E-state index in [2.05, 4.69) is 22.8 Å². The molecule has 94 valence electrons. The molecule has 2 rings (SSSR count). The number of halogens is 1. The van der Waals surface area contributed by atoms with Crippen LogP contribution in [-0.2, 0) is 6.54 Å². The summed E-state index contributed by atoms with van der Waals surface area (Å²) >= 11 is 5.99. The zero-order valence-corrected chi connectivity index (χ0v) is 11.2. The van der Waals surface area contributed by atoms with E-state index >= 15 is 0 Å². The maximum atomic E-state index is 5.99. The fraction of sp³-hybridized carbons (Fsp3) is 0.571. The van der Waals surface area contributed by atoms with E-state index in [1.165, 1.54) is 24.8 Å². The van der Waals surface area contributed by atoms with E-state index in [0.29, 0.717) is 0 Å². The number of nitrogens with one attached hydrogen (secondary N) is 2. The molecule has 1 aromatic rings. The minimum atomic E-state index is 0.828. The molecule has 0 aromatic heterocycles. The van der Waals surface area contributed by atoms with Crippen LogP contribution in [0, 0.1) is 6.92 Å². The van der Waals surface area contributed by atoms with Gasteiger partial charge in [0.25, 0.3) is 0 Å². The van der Waals surface area contributed by atoms with Crippen molar-refractivity contribution in [2.75, 3.05) is 13.1 Å². The molecule has 1 fully saturated rings. The molecule has 0 amide bonds. The highest BCUT2D eigenvalue weighted by Crippen LogP contribution is 2.18. The van der Waals surface area contributed by atoms with Crippen LogP contribution in [0.4, 0.5) is 0 Å². The van der Waals surface area contributed by atoms with E-state index in [4.69, 9.17) is 11.6 Å². The summed E-state index contributed by atoms with van der Waals surface area (Å²) in [5.41, 5.74) is 2.46. The van der Waals surface area contributed by atoms with Crippen LogP contribution in [0.15, 0.2) is 18.2 Å². The number of rotatable bonds is 7. The van der Waals surface area contributed by atoms with E-state index in [9.17, 15) is 0 Å². The molecule has 1 aliphatic rings. The van der Waals surface area contributed by atoms with Gasteiger partial charge in [-0.3, -0.25) is 0 Å². The maximum absolute atomic E-state index is 5.99. The van der Waals surface area contributed by atoms with Crippen LogP contribution < -0.4 is 10.6 Å². The summed E-state index contributed by atoms with van der Waals surface area (Å²) in [5, 5.41) is 7.82. The van der Waals surface area contributed by atoms with Crippen LogP contribution in [0.5, 0.6) is 0 Å². The lowest BCUT2D eigenvalue weighted by Crippen LogP contribution is -2.23. The van der Waals surface area contributed by atoms with Crippen molar-refractivity contribution in [1.82, 2.24) is 10.6 Å². The zero-order valence-electron chi connectivity index (χ0n) is 10.4. The van der Waals surface area contributed by atoms with Gasteiger partial charge >= 0.3 is 0 Å². The first-order chi connectivity index (χ1) is 8.25. The van der Waals surface area contributed by atoms with Crippen LogP contribution in [0.3, 0.4) is 0 Å². The Labute approximate surface area is 109 Å². The van der Waals surface area contributed by atoms with Gasteiger partial charge in [0.2, 0.25) is 0 Å². The molecule has 0 aliphatic heterocycles. The molecular weight excluding hydrogens is 232 g/mol. The van der Waals surface area contributed by atoms with Crippen molar-refractivity contribution in [2.45, 2.75) is 38.8 Å². The third kappa shape index (κ3) is 4.66. The monoisotopic (exact) mass is 252 g/mol. The van der Waals surface area contributed by atoms with Gasteiger partial charge in [0.15, 0.2) is 0 Å². The summed E-state index contributed by atoms with van der Waals surface area (Å²) in [6.45, 7) is 5.19. The van der Waals surface area contributed by atoms with Gasteiger partial charge in [-0.05, 0) is 56.5 Å². The summed E-state index contributed by atoms with van der Waals surface area (Å²) in [6, 6.07) is 7.04. The third-order valence-corrected chi connectivity index (χ3v) is 3.52. The van der Waals surface area contributed by atoms with Crippen LogP contribution in [0.25, 0.3) is 0 Å². The number of aryl methyl sites for hydroxylation is 1. The molecule has 1 saturated carbocycles. The van der Waals surface area contributed by atoms with Gasteiger partial charge in [-0.15, -0.1) is 0 Å². The molecule has 2 N–H and O–H groups in total. The van der Waals surface area contributed by atoms with Crippen molar-refractivity contribution >= 4 is 11.6 Å². The van der Waals surface area contributed by atoms with Gasteiger partial charge in [0.1, 0.15) is 0 Å². The lowest BCUT2D eigenvalue weighted by Gasteiger charge is -2.07. The summed E-state index contributed by atoms with van der Waals surface area (Å²) in [5.74, 6) is 0. The quantitative estimate of drug-likeness (QED) is 0.730. The lowest BCUT2D eigenvalue weighted by molar-refractivity contribution is 0.593. The molecule has 0 radical (unpaired) electrons. The molecule has 1 aliphatic carbocycles. The Morgan fingerprint density at radius 2 is 2.12 bits per heavy atom. The summed E-state index contributed by atoms with van der Waals surface area (Å²) < 4.78 is 0. The Bertz CT molecular complexity index is 361. The Morgan fingerprint density at radius 1 is 1.29 bits per heavy atom. The predicted molar refractivity (Wildman–Crippen MR) is 73.5 cm³/mol. The van der Waals surface area contributed by atoms with Gasteiger partial charge in [0, 0.05) is 17.6 Å². The largest absolute Gasteiger partial charge is 0.314 e. The van der Waals surface area contributed by atoms with Gasteiger partial charge in [-0.2, -0.15) is 0 Å². The van der Waals surface area contributed by atoms with Crippen LogP contribution >= 0.6 is 11.6 Å². The lowest BCUT2D eigenvalue weighted by atomic mass is 10.1. The average molecular weight is 253 g/mol. The van der Waals surface area contributed by atoms with E-state index in [0.717, 1.165) is 36.3 Å². The van der Waals surface area contributed by atoms with Gasteiger partial charge in [0.05, 0.1) is 0 Å². The second-order valence-electron chi connectivity index (χ2n) is 4.84. The van der Waals surface area contributed by atoms with E-state index in [1.807, 2.05) is 13.0 Å². The van der Waals surface area contributed by atoms with Crippen molar-refractivity contribution < 1.29 is 0 Å². The average Bonchev–Trinajstić information content (AvgIpc) is 3.12. The maximum Gasteiger partial charge on any atom is 0.0435 e. The first-order valence-electron chi connectivity index (χ1n) is 6.45.